The highest BCUT2D eigenvalue weighted by molar-refractivity contribution is 7.99. The second-order valence-electron chi connectivity index (χ2n) is 5.83. The zero-order valence-electron chi connectivity index (χ0n) is 15.7. The maximum absolute atomic E-state index is 12.3. The van der Waals surface area contributed by atoms with Crippen LogP contribution in [0.5, 0.6) is 0 Å². The molecule has 0 saturated heterocycles. The summed E-state index contributed by atoms with van der Waals surface area (Å²) >= 11 is 3.66. The standard InChI is InChI=1S/C17H18N4O4S3/c1-5-25-15(24)12-8(3)18-17(28-12)19-10(22)6-26-16-20-13(23)11-7(2)9(4)27-14(11)21-16/h5-6H2,1-4H3,(H,18,19,22)(H,20,21,23). The Kier molecular flexibility index (Phi) is 6.16. The number of aromatic amines is 1. The summed E-state index contributed by atoms with van der Waals surface area (Å²) in [6.45, 7) is 7.52. The van der Waals surface area contributed by atoms with E-state index < -0.39 is 5.97 Å². The predicted octanol–water partition coefficient (Wildman–Crippen LogP) is 3.27. The minimum absolute atomic E-state index is 0.0468. The molecule has 3 rings (SSSR count). The highest BCUT2D eigenvalue weighted by Crippen LogP contribution is 2.27. The van der Waals surface area contributed by atoms with Crippen molar-refractivity contribution in [3.63, 3.8) is 0 Å². The molecule has 0 radical (unpaired) electrons. The van der Waals surface area contributed by atoms with E-state index in [1.807, 2.05) is 13.8 Å². The van der Waals surface area contributed by atoms with Gasteiger partial charge in [-0.25, -0.2) is 14.8 Å². The number of thioether (sulfide) groups is 1. The van der Waals surface area contributed by atoms with Gasteiger partial charge in [0.2, 0.25) is 5.91 Å². The summed E-state index contributed by atoms with van der Waals surface area (Å²) in [5, 5.41) is 3.97. The molecule has 0 bridgehead atoms. The third-order valence-corrected chi connectivity index (χ3v) is 6.89. The minimum Gasteiger partial charge on any atom is -0.462 e. The molecule has 0 aliphatic carbocycles. The van der Waals surface area contributed by atoms with Crippen LogP contribution in [0.15, 0.2) is 9.95 Å². The molecule has 0 saturated carbocycles. The number of amides is 1. The summed E-state index contributed by atoms with van der Waals surface area (Å²) in [4.78, 5) is 49.7. The number of thiazole rings is 1. The Morgan fingerprint density at radius 2 is 1.96 bits per heavy atom. The lowest BCUT2D eigenvalue weighted by Crippen LogP contribution is -2.15. The van der Waals surface area contributed by atoms with Crippen molar-refractivity contribution in [1.82, 2.24) is 15.0 Å². The molecule has 8 nitrogen and oxygen atoms in total. The van der Waals surface area contributed by atoms with Crippen LogP contribution in [0.2, 0.25) is 0 Å². The van der Waals surface area contributed by atoms with E-state index in [1.54, 1.807) is 13.8 Å². The van der Waals surface area contributed by atoms with E-state index >= 15 is 0 Å². The first kappa shape index (κ1) is 20.5. The Morgan fingerprint density at radius 3 is 2.68 bits per heavy atom. The van der Waals surface area contributed by atoms with Crippen molar-refractivity contribution >= 4 is 61.7 Å². The van der Waals surface area contributed by atoms with Gasteiger partial charge in [0.05, 0.1) is 23.4 Å². The zero-order valence-corrected chi connectivity index (χ0v) is 18.1. The number of fused-ring (bicyclic) bond motifs is 1. The van der Waals surface area contributed by atoms with Gasteiger partial charge in [-0.15, -0.1) is 11.3 Å². The Bertz CT molecular complexity index is 1120. The second-order valence-corrected chi connectivity index (χ2v) is 8.99. The van der Waals surface area contributed by atoms with E-state index in [4.69, 9.17) is 4.74 Å². The third kappa shape index (κ3) is 4.26. The van der Waals surface area contributed by atoms with Gasteiger partial charge in [0.1, 0.15) is 9.71 Å². The molecule has 28 heavy (non-hydrogen) atoms. The lowest BCUT2D eigenvalue weighted by atomic mass is 10.2. The van der Waals surface area contributed by atoms with Crippen LogP contribution < -0.4 is 10.9 Å². The summed E-state index contributed by atoms with van der Waals surface area (Å²) in [7, 11) is 0. The van der Waals surface area contributed by atoms with E-state index in [-0.39, 0.29) is 23.8 Å². The highest BCUT2D eigenvalue weighted by atomic mass is 32.2. The fourth-order valence-electron chi connectivity index (χ4n) is 2.43. The highest BCUT2D eigenvalue weighted by Gasteiger charge is 2.18. The molecule has 0 unspecified atom stereocenters. The molecule has 11 heteroatoms. The van der Waals surface area contributed by atoms with Crippen LogP contribution in [0, 0.1) is 20.8 Å². The Balaban J connectivity index is 1.66. The Morgan fingerprint density at radius 1 is 1.21 bits per heavy atom. The Labute approximate surface area is 172 Å². The number of nitrogens with one attached hydrogen (secondary N) is 2. The van der Waals surface area contributed by atoms with Crippen molar-refractivity contribution in [3.8, 4) is 0 Å². The number of carbonyl (C=O) groups excluding carboxylic acids is 2. The molecule has 0 fully saturated rings. The first-order valence-electron chi connectivity index (χ1n) is 8.37. The summed E-state index contributed by atoms with van der Waals surface area (Å²) < 4.78 is 4.96. The number of thiophene rings is 1. The van der Waals surface area contributed by atoms with E-state index in [0.717, 1.165) is 33.5 Å². The molecule has 0 atom stereocenters. The fourth-order valence-corrected chi connectivity index (χ4v) is 5.05. The van der Waals surface area contributed by atoms with Gasteiger partial charge in [-0.1, -0.05) is 23.1 Å². The average Bonchev–Trinajstić information content (AvgIpc) is 3.13. The van der Waals surface area contributed by atoms with Crippen LogP contribution in [0.3, 0.4) is 0 Å². The largest absolute Gasteiger partial charge is 0.462 e. The molecular formula is C17H18N4O4S3. The number of anilines is 1. The van der Waals surface area contributed by atoms with Gasteiger partial charge in [-0.2, -0.15) is 0 Å². The second kappa shape index (κ2) is 8.41. The van der Waals surface area contributed by atoms with Crippen molar-refractivity contribution < 1.29 is 14.3 Å². The van der Waals surface area contributed by atoms with Gasteiger partial charge in [-0.05, 0) is 33.3 Å². The molecule has 0 aliphatic heterocycles. The molecule has 148 valence electrons. The van der Waals surface area contributed by atoms with Crippen molar-refractivity contribution in [1.29, 1.82) is 0 Å². The molecule has 0 aliphatic rings. The van der Waals surface area contributed by atoms with Crippen molar-refractivity contribution in [2.75, 3.05) is 17.7 Å². The molecule has 2 N–H and O–H groups in total. The van der Waals surface area contributed by atoms with Crippen LogP contribution in [-0.2, 0) is 9.53 Å². The quantitative estimate of drug-likeness (QED) is 0.345. The number of carbonyl (C=O) groups is 2. The van der Waals surface area contributed by atoms with Crippen molar-refractivity contribution in [2.24, 2.45) is 0 Å². The number of rotatable bonds is 6. The molecule has 3 aromatic rings. The smallest absolute Gasteiger partial charge is 0.350 e. The topological polar surface area (TPSA) is 114 Å². The third-order valence-electron chi connectivity index (χ3n) is 3.86. The van der Waals surface area contributed by atoms with Gasteiger partial charge in [0, 0.05) is 4.88 Å². The van der Waals surface area contributed by atoms with Gasteiger partial charge in [-0.3, -0.25) is 9.59 Å². The number of nitrogens with zero attached hydrogens (tertiary/aromatic N) is 2. The van der Waals surface area contributed by atoms with Crippen LogP contribution in [-0.4, -0.2) is 39.2 Å². The van der Waals surface area contributed by atoms with Gasteiger partial charge < -0.3 is 15.0 Å². The van der Waals surface area contributed by atoms with Crippen LogP contribution in [0.4, 0.5) is 5.13 Å². The number of aryl methyl sites for hydroxylation is 3. The number of H-pyrrole nitrogens is 1. The SMILES string of the molecule is CCOC(=O)c1sc(NC(=O)CSc2nc3sc(C)c(C)c3c(=O)[nH]2)nc1C. The summed E-state index contributed by atoms with van der Waals surface area (Å²) in [5.74, 6) is -0.718. The first-order chi connectivity index (χ1) is 13.3. The molecule has 0 spiro atoms. The fraction of sp³-hybridized carbons (Fsp3) is 0.353. The Hall–Kier alpha value is -2.24. The maximum Gasteiger partial charge on any atom is 0.350 e. The number of aromatic nitrogens is 3. The number of hydrogen-bond donors (Lipinski definition) is 2. The predicted molar refractivity (Wildman–Crippen MR) is 112 cm³/mol. The van der Waals surface area contributed by atoms with E-state index in [0.29, 0.717) is 31.1 Å². The van der Waals surface area contributed by atoms with Crippen molar-refractivity contribution in [2.45, 2.75) is 32.9 Å². The molecule has 3 aromatic heterocycles. The van der Waals surface area contributed by atoms with Crippen LogP contribution >= 0.6 is 34.4 Å². The zero-order chi connectivity index (χ0) is 20.4. The van der Waals surface area contributed by atoms with Gasteiger partial charge >= 0.3 is 5.97 Å². The van der Waals surface area contributed by atoms with E-state index in [9.17, 15) is 14.4 Å². The van der Waals surface area contributed by atoms with Gasteiger partial charge in [0.25, 0.3) is 5.56 Å². The summed E-state index contributed by atoms with van der Waals surface area (Å²) in [5.41, 5.74) is 1.23. The van der Waals surface area contributed by atoms with E-state index in [1.165, 1.54) is 11.3 Å². The lowest BCUT2D eigenvalue weighted by Gasteiger charge is -2.02. The van der Waals surface area contributed by atoms with Crippen LogP contribution in [0.1, 0.15) is 32.7 Å². The summed E-state index contributed by atoms with van der Waals surface area (Å²) in [6.07, 6.45) is 0. The lowest BCUT2D eigenvalue weighted by molar-refractivity contribution is -0.113. The minimum atomic E-state index is -0.455. The number of ether oxygens (including phenoxy) is 1. The number of esters is 1. The average molecular weight is 439 g/mol. The van der Waals surface area contributed by atoms with E-state index in [2.05, 4.69) is 20.3 Å². The normalized spacial score (nSPS) is 11.0. The molecule has 0 aromatic carbocycles. The number of hydrogen-bond acceptors (Lipinski definition) is 9. The molecule has 1 amide bonds. The van der Waals surface area contributed by atoms with Gasteiger partial charge in [0.15, 0.2) is 10.3 Å². The maximum atomic E-state index is 12.3. The summed E-state index contributed by atoms with van der Waals surface area (Å²) in [6, 6.07) is 0. The first-order valence-corrected chi connectivity index (χ1v) is 11.0. The monoisotopic (exact) mass is 438 g/mol. The molecular weight excluding hydrogens is 420 g/mol. The van der Waals surface area contributed by atoms with Crippen molar-refractivity contribution in [3.05, 3.63) is 31.4 Å². The molecule has 3 heterocycles. The van der Waals surface area contributed by atoms with Crippen LogP contribution in [0.25, 0.3) is 10.2 Å².